The number of fused-ring (bicyclic) bond motifs is 5. The van der Waals surface area contributed by atoms with E-state index >= 15 is 8.78 Å². The molecule has 2 N–H and O–H groups in total. The molecule has 12 heteroatoms. The van der Waals surface area contributed by atoms with Crippen molar-refractivity contribution in [2.45, 2.75) is 69.8 Å². The first-order valence-electron chi connectivity index (χ1n) is 12.5. The second-order valence-corrected chi connectivity index (χ2v) is 12.0. The lowest BCUT2D eigenvalue weighted by Crippen LogP contribution is -2.70. The molecule has 5 rings (SSSR count). The van der Waals surface area contributed by atoms with Gasteiger partial charge < -0.3 is 19.4 Å². The molecular formula is C27H27F5O6S. The van der Waals surface area contributed by atoms with Crippen molar-refractivity contribution in [3.63, 3.8) is 0 Å². The van der Waals surface area contributed by atoms with Crippen molar-refractivity contribution in [1.82, 2.24) is 0 Å². The van der Waals surface area contributed by atoms with E-state index in [1.54, 1.807) is 13.8 Å². The standard InChI is InChI=1S/C27H27F5O6S/c1-12-8-14-15-10-17(28)16-9-13(33)6-7-23(16,2)25(15,29)19(34)11-24(14,3)26(12,22(36)39)38-21(35)18-4-5-20(37-18)27(30,31)32/h4-7,9,12,14-15,17,19,34H,8,10-11H2,1-3H3,(H,36,39)/t12?,14-,15-,17-,19-,23-,24-,25-,26-/m0/s1. The van der Waals surface area contributed by atoms with Crippen molar-refractivity contribution in [1.29, 1.82) is 0 Å². The number of thiocarbonyl (C=S) groups is 1. The summed E-state index contributed by atoms with van der Waals surface area (Å²) in [5.41, 5.74) is -7.58. The minimum absolute atomic E-state index is 0.0592. The molecule has 0 aromatic carbocycles. The van der Waals surface area contributed by atoms with Gasteiger partial charge in [0.05, 0.1) is 6.10 Å². The molecule has 1 aromatic rings. The van der Waals surface area contributed by atoms with Crippen LogP contribution in [0.25, 0.3) is 0 Å². The van der Waals surface area contributed by atoms with Gasteiger partial charge in [-0.1, -0.05) is 19.9 Å². The van der Waals surface area contributed by atoms with E-state index in [-0.39, 0.29) is 24.8 Å². The molecule has 0 radical (unpaired) electrons. The molecule has 0 saturated heterocycles. The number of aliphatic hydroxyl groups excluding tert-OH is 2. The topological polar surface area (TPSA) is 97.0 Å². The molecule has 0 bridgehead atoms. The van der Waals surface area contributed by atoms with Crippen LogP contribution in [-0.2, 0) is 15.7 Å². The van der Waals surface area contributed by atoms with E-state index in [2.05, 4.69) is 4.42 Å². The van der Waals surface area contributed by atoms with Gasteiger partial charge in [-0.15, -0.1) is 0 Å². The van der Waals surface area contributed by atoms with Gasteiger partial charge >= 0.3 is 12.1 Å². The third-order valence-electron chi connectivity index (χ3n) is 9.83. The van der Waals surface area contributed by atoms with Gasteiger partial charge in [-0.2, -0.15) is 13.2 Å². The van der Waals surface area contributed by atoms with Gasteiger partial charge in [0, 0.05) is 22.7 Å². The van der Waals surface area contributed by atoms with Crippen LogP contribution < -0.4 is 0 Å². The van der Waals surface area contributed by atoms with Crippen LogP contribution in [0, 0.1) is 28.6 Å². The Morgan fingerprint density at radius 3 is 2.46 bits per heavy atom. The summed E-state index contributed by atoms with van der Waals surface area (Å²) in [7, 11) is 0. The van der Waals surface area contributed by atoms with Gasteiger partial charge in [0.1, 0.15) is 6.17 Å². The van der Waals surface area contributed by atoms with Gasteiger partial charge in [-0.25, -0.2) is 13.6 Å². The maximum Gasteiger partial charge on any atom is 0.449 e. The Labute approximate surface area is 225 Å². The number of carbonyl (C=O) groups is 2. The molecule has 6 nitrogen and oxygen atoms in total. The zero-order valence-corrected chi connectivity index (χ0v) is 22.0. The number of ether oxygens (including phenoxy) is 1. The molecule has 39 heavy (non-hydrogen) atoms. The lowest BCUT2D eigenvalue weighted by molar-refractivity contribution is -0.215. The molecule has 3 saturated carbocycles. The van der Waals surface area contributed by atoms with E-state index in [4.69, 9.17) is 17.0 Å². The lowest BCUT2D eigenvalue weighted by atomic mass is 9.44. The fourth-order valence-corrected chi connectivity index (χ4v) is 8.51. The Hall–Kier alpha value is -2.60. The highest BCUT2D eigenvalue weighted by atomic mass is 32.1. The van der Waals surface area contributed by atoms with Crippen molar-refractivity contribution in [2.75, 3.05) is 0 Å². The maximum atomic E-state index is 17.3. The second-order valence-electron chi connectivity index (χ2n) is 11.6. The first kappa shape index (κ1) is 27.9. The largest absolute Gasteiger partial charge is 0.499 e. The van der Waals surface area contributed by atoms with Gasteiger partial charge in [0.15, 0.2) is 17.1 Å². The Morgan fingerprint density at radius 1 is 1.21 bits per heavy atom. The smallest absolute Gasteiger partial charge is 0.449 e. The van der Waals surface area contributed by atoms with Crippen molar-refractivity contribution < 1.29 is 50.9 Å². The normalized spacial score (nSPS) is 43.3. The number of carbonyl (C=O) groups excluding carboxylic acids is 2. The minimum Gasteiger partial charge on any atom is -0.499 e. The lowest BCUT2D eigenvalue weighted by Gasteiger charge is -2.63. The molecule has 3 fully saturated rings. The Kier molecular flexibility index (Phi) is 6.06. The van der Waals surface area contributed by atoms with E-state index in [9.17, 15) is 33.0 Å². The van der Waals surface area contributed by atoms with Crippen LogP contribution in [0.1, 0.15) is 56.3 Å². The number of furan rings is 1. The number of rotatable bonds is 3. The summed E-state index contributed by atoms with van der Waals surface area (Å²) >= 11 is 5.14. The summed E-state index contributed by atoms with van der Waals surface area (Å²) in [6, 6.07) is 1.34. The second kappa shape index (κ2) is 8.45. The number of ketones is 1. The van der Waals surface area contributed by atoms with Crippen molar-refractivity contribution in [3.8, 4) is 0 Å². The summed E-state index contributed by atoms with van der Waals surface area (Å²) < 4.78 is 82.3. The zero-order chi connectivity index (χ0) is 28.9. The summed E-state index contributed by atoms with van der Waals surface area (Å²) in [6.45, 7) is 4.56. The molecule has 0 spiro atoms. The van der Waals surface area contributed by atoms with Crippen molar-refractivity contribution >= 4 is 29.0 Å². The van der Waals surface area contributed by atoms with Gasteiger partial charge in [-0.05, 0) is 74.2 Å². The number of hydrogen-bond donors (Lipinski definition) is 2. The van der Waals surface area contributed by atoms with Crippen LogP contribution in [0.5, 0.6) is 0 Å². The van der Waals surface area contributed by atoms with E-state index in [1.165, 1.54) is 13.0 Å². The number of hydrogen-bond acceptors (Lipinski definition) is 6. The molecule has 1 aromatic heterocycles. The zero-order valence-electron chi connectivity index (χ0n) is 21.2. The van der Waals surface area contributed by atoms with Gasteiger partial charge in [-0.3, -0.25) is 4.79 Å². The van der Waals surface area contributed by atoms with Crippen LogP contribution in [0.15, 0.2) is 40.4 Å². The molecule has 1 unspecified atom stereocenters. The Bertz CT molecular complexity index is 1320. The molecule has 0 aliphatic heterocycles. The van der Waals surface area contributed by atoms with Crippen LogP contribution >= 0.6 is 12.2 Å². The summed E-state index contributed by atoms with van der Waals surface area (Å²) in [6.07, 6.45) is -5.49. The highest BCUT2D eigenvalue weighted by molar-refractivity contribution is 7.80. The number of esters is 1. The molecule has 1 heterocycles. The highest BCUT2D eigenvalue weighted by Gasteiger charge is 2.77. The van der Waals surface area contributed by atoms with Gasteiger partial charge in [0.25, 0.3) is 0 Å². The SMILES string of the molecule is CC1C[C@H]2[C@@H]3C[C@H](F)C4=CC(=O)C=C[C@]4(C)[C@@]3(F)[C@@H](O)C[C@]2(C)[C@@]1(OC(=O)c1ccc(C(F)(F)F)o1)C(O)=S. The number of aliphatic hydroxyl groups is 2. The summed E-state index contributed by atoms with van der Waals surface area (Å²) in [5, 5.41) is 21.4. The number of halogens is 5. The average Bonchev–Trinajstić information content (AvgIpc) is 3.41. The first-order valence-corrected chi connectivity index (χ1v) is 12.9. The fourth-order valence-electron chi connectivity index (χ4n) is 8.04. The third-order valence-corrected chi connectivity index (χ3v) is 10.1. The fraction of sp³-hybridized carbons (Fsp3) is 0.593. The van der Waals surface area contributed by atoms with Crippen LogP contribution in [0.4, 0.5) is 22.0 Å². The van der Waals surface area contributed by atoms with Crippen LogP contribution in [0.2, 0.25) is 0 Å². The van der Waals surface area contributed by atoms with E-state index in [1.807, 2.05) is 0 Å². The maximum absolute atomic E-state index is 17.3. The quantitative estimate of drug-likeness (QED) is 0.274. The third kappa shape index (κ3) is 3.49. The van der Waals surface area contributed by atoms with Gasteiger partial charge in [0.2, 0.25) is 16.6 Å². The van der Waals surface area contributed by atoms with Crippen molar-refractivity contribution in [2.24, 2.45) is 28.6 Å². The molecule has 4 aliphatic rings. The average molecular weight is 575 g/mol. The monoisotopic (exact) mass is 574 g/mol. The molecule has 9 atom stereocenters. The Balaban J connectivity index is 1.58. The molecular weight excluding hydrogens is 547 g/mol. The molecule has 212 valence electrons. The van der Waals surface area contributed by atoms with Crippen LogP contribution in [0.3, 0.4) is 0 Å². The first-order chi connectivity index (χ1) is 17.9. The minimum atomic E-state index is -4.86. The van der Waals surface area contributed by atoms with E-state index in [0.29, 0.717) is 6.07 Å². The predicted octanol–water partition coefficient (Wildman–Crippen LogP) is 5.64. The van der Waals surface area contributed by atoms with Crippen molar-refractivity contribution in [3.05, 3.63) is 47.5 Å². The number of alkyl halides is 5. The van der Waals surface area contributed by atoms with Crippen LogP contribution in [-0.4, -0.2) is 50.6 Å². The van der Waals surface area contributed by atoms with E-state index < -0.39 is 86.6 Å². The highest BCUT2D eigenvalue weighted by Crippen LogP contribution is 2.71. The van der Waals surface area contributed by atoms with E-state index in [0.717, 1.165) is 18.2 Å². The Morgan fingerprint density at radius 2 is 1.87 bits per heavy atom. The molecule has 0 amide bonds. The summed E-state index contributed by atoms with van der Waals surface area (Å²) in [4.78, 5) is 25.1. The predicted molar refractivity (Wildman–Crippen MR) is 130 cm³/mol. The molecule has 4 aliphatic carbocycles. The number of allylic oxidation sites excluding steroid dienone is 4. The summed E-state index contributed by atoms with van der Waals surface area (Å²) in [5.74, 6) is -6.73.